The van der Waals surface area contributed by atoms with Crippen molar-refractivity contribution in [2.45, 2.75) is 19.9 Å². The van der Waals surface area contributed by atoms with E-state index in [-0.39, 0.29) is 11.9 Å². The highest BCUT2D eigenvalue weighted by Gasteiger charge is 2.11. The van der Waals surface area contributed by atoms with Gasteiger partial charge < -0.3 is 10.2 Å². The monoisotopic (exact) mass is 210 g/mol. The molecular weight excluding hydrogens is 191 g/mol. The molecule has 0 aromatic heterocycles. The molecule has 0 aliphatic heterocycles. The summed E-state index contributed by atoms with van der Waals surface area (Å²) in [5, 5.41) is 3.29. The van der Waals surface area contributed by atoms with Gasteiger partial charge in [0.25, 0.3) is 0 Å². The van der Waals surface area contributed by atoms with Gasteiger partial charge in [-0.05, 0) is 37.2 Å². The Bertz CT molecular complexity index is 323. The number of benzene rings is 1. The van der Waals surface area contributed by atoms with Crippen molar-refractivity contribution >= 4 is 5.69 Å². The first-order chi connectivity index (χ1) is 7.06. The molecule has 3 heteroatoms. The summed E-state index contributed by atoms with van der Waals surface area (Å²) in [7, 11) is 3.94. The zero-order valence-electron chi connectivity index (χ0n) is 9.84. The second-order valence-electron chi connectivity index (χ2n) is 3.88. The number of hydrogen-bond donors (Lipinski definition) is 1. The summed E-state index contributed by atoms with van der Waals surface area (Å²) < 4.78 is 13.2. The van der Waals surface area contributed by atoms with E-state index in [4.69, 9.17) is 0 Å². The summed E-state index contributed by atoms with van der Waals surface area (Å²) in [6, 6.07) is 5.08. The summed E-state index contributed by atoms with van der Waals surface area (Å²) in [4.78, 5) is 2.00. The number of rotatable bonds is 4. The smallest absolute Gasteiger partial charge is 0.123 e. The lowest BCUT2D eigenvalue weighted by Crippen LogP contribution is -2.21. The minimum atomic E-state index is -0.180. The zero-order valence-corrected chi connectivity index (χ0v) is 9.84. The van der Waals surface area contributed by atoms with Crippen molar-refractivity contribution in [3.05, 3.63) is 29.6 Å². The van der Waals surface area contributed by atoms with Crippen LogP contribution in [0.5, 0.6) is 0 Å². The lowest BCUT2D eigenvalue weighted by molar-refractivity contribution is 0.583. The van der Waals surface area contributed by atoms with Gasteiger partial charge in [-0.15, -0.1) is 0 Å². The SMILES string of the molecule is CCNC(C)c1cc(F)ccc1N(C)C. The standard InChI is InChI=1S/C12H19FN2/c1-5-14-9(2)11-8-10(13)6-7-12(11)15(3)4/h6-9,14H,5H2,1-4H3. The van der Waals surface area contributed by atoms with Gasteiger partial charge in [-0.1, -0.05) is 6.92 Å². The first-order valence-corrected chi connectivity index (χ1v) is 5.26. The Morgan fingerprint density at radius 2 is 2.07 bits per heavy atom. The Balaban J connectivity index is 3.06. The minimum Gasteiger partial charge on any atom is -0.377 e. The highest BCUT2D eigenvalue weighted by Crippen LogP contribution is 2.25. The van der Waals surface area contributed by atoms with E-state index in [1.54, 1.807) is 6.07 Å². The summed E-state index contributed by atoms with van der Waals surface area (Å²) in [5.41, 5.74) is 2.06. The predicted molar refractivity (Wildman–Crippen MR) is 62.8 cm³/mol. The minimum absolute atomic E-state index is 0.170. The predicted octanol–water partition coefficient (Wildman–Crippen LogP) is 2.56. The summed E-state index contributed by atoms with van der Waals surface area (Å²) >= 11 is 0. The van der Waals surface area contributed by atoms with Gasteiger partial charge in [-0.25, -0.2) is 4.39 Å². The maximum absolute atomic E-state index is 13.2. The van der Waals surface area contributed by atoms with E-state index in [0.29, 0.717) is 0 Å². The Kier molecular flexibility index (Phi) is 4.09. The number of nitrogens with one attached hydrogen (secondary N) is 1. The molecule has 0 amide bonds. The van der Waals surface area contributed by atoms with E-state index in [1.807, 2.05) is 38.9 Å². The van der Waals surface area contributed by atoms with Crippen LogP contribution in [0.1, 0.15) is 25.5 Å². The van der Waals surface area contributed by atoms with E-state index in [9.17, 15) is 4.39 Å². The largest absolute Gasteiger partial charge is 0.377 e. The van der Waals surface area contributed by atoms with Crippen LogP contribution in [0.4, 0.5) is 10.1 Å². The Labute approximate surface area is 91.1 Å². The Morgan fingerprint density at radius 1 is 1.40 bits per heavy atom. The summed E-state index contributed by atoms with van der Waals surface area (Å²) in [6.07, 6.45) is 0. The van der Waals surface area contributed by atoms with Gasteiger partial charge in [0.15, 0.2) is 0 Å². The van der Waals surface area contributed by atoms with E-state index in [0.717, 1.165) is 17.8 Å². The third-order valence-electron chi connectivity index (χ3n) is 2.45. The van der Waals surface area contributed by atoms with Gasteiger partial charge in [0.2, 0.25) is 0 Å². The molecule has 0 fully saturated rings. The highest BCUT2D eigenvalue weighted by molar-refractivity contribution is 5.54. The topological polar surface area (TPSA) is 15.3 Å². The molecule has 0 radical (unpaired) electrons. The number of nitrogens with zero attached hydrogens (tertiary/aromatic N) is 1. The number of anilines is 1. The fourth-order valence-electron chi connectivity index (χ4n) is 1.70. The molecule has 0 saturated carbocycles. The second kappa shape index (κ2) is 5.12. The van der Waals surface area contributed by atoms with Gasteiger partial charge in [0.1, 0.15) is 5.82 Å². The summed E-state index contributed by atoms with van der Waals surface area (Å²) in [5.74, 6) is -0.180. The first kappa shape index (κ1) is 12.0. The van der Waals surface area contributed by atoms with Crippen LogP contribution in [-0.4, -0.2) is 20.6 Å². The average Bonchev–Trinajstić information content (AvgIpc) is 2.17. The van der Waals surface area contributed by atoms with Gasteiger partial charge in [0.05, 0.1) is 0 Å². The van der Waals surface area contributed by atoms with Crippen LogP contribution < -0.4 is 10.2 Å². The lowest BCUT2D eigenvalue weighted by Gasteiger charge is -2.22. The molecule has 84 valence electrons. The molecule has 1 unspecified atom stereocenters. The molecule has 15 heavy (non-hydrogen) atoms. The van der Waals surface area contributed by atoms with Crippen molar-refractivity contribution < 1.29 is 4.39 Å². The van der Waals surface area contributed by atoms with Crippen LogP contribution in [0.15, 0.2) is 18.2 Å². The maximum atomic E-state index is 13.2. The van der Waals surface area contributed by atoms with Crippen molar-refractivity contribution in [2.75, 3.05) is 25.5 Å². The second-order valence-corrected chi connectivity index (χ2v) is 3.88. The van der Waals surface area contributed by atoms with E-state index in [1.165, 1.54) is 6.07 Å². The average molecular weight is 210 g/mol. The van der Waals surface area contributed by atoms with Crippen molar-refractivity contribution in [3.8, 4) is 0 Å². The maximum Gasteiger partial charge on any atom is 0.123 e. The molecule has 1 aromatic rings. The van der Waals surface area contributed by atoms with Crippen LogP contribution in [-0.2, 0) is 0 Å². The van der Waals surface area contributed by atoms with Crippen molar-refractivity contribution in [2.24, 2.45) is 0 Å². The van der Waals surface area contributed by atoms with Gasteiger partial charge in [-0.3, -0.25) is 0 Å². The van der Waals surface area contributed by atoms with Crippen LogP contribution in [0.2, 0.25) is 0 Å². The Morgan fingerprint density at radius 3 is 2.60 bits per heavy atom. The molecule has 2 nitrogen and oxygen atoms in total. The number of halogens is 1. The van der Waals surface area contributed by atoms with Crippen LogP contribution in [0.25, 0.3) is 0 Å². The molecule has 1 N–H and O–H groups in total. The van der Waals surface area contributed by atoms with E-state index in [2.05, 4.69) is 5.32 Å². The highest BCUT2D eigenvalue weighted by atomic mass is 19.1. The fourth-order valence-corrected chi connectivity index (χ4v) is 1.70. The fraction of sp³-hybridized carbons (Fsp3) is 0.500. The van der Waals surface area contributed by atoms with Gasteiger partial charge >= 0.3 is 0 Å². The third kappa shape index (κ3) is 2.93. The lowest BCUT2D eigenvalue weighted by atomic mass is 10.1. The third-order valence-corrected chi connectivity index (χ3v) is 2.45. The van der Waals surface area contributed by atoms with Crippen LogP contribution in [0, 0.1) is 5.82 Å². The zero-order chi connectivity index (χ0) is 11.4. The van der Waals surface area contributed by atoms with Crippen LogP contribution in [0.3, 0.4) is 0 Å². The van der Waals surface area contributed by atoms with Crippen molar-refractivity contribution in [1.29, 1.82) is 0 Å². The van der Waals surface area contributed by atoms with Crippen molar-refractivity contribution in [1.82, 2.24) is 5.32 Å². The van der Waals surface area contributed by atoms with Crippen LogP contribution >= 0.6 is 0 Å². The normalized spacial score (nSPS) is 12.6. The molecule has 1 rings (SSSR count). The summed E-state index contributed by atoms with van der Waals surface area (Å²) in [6.45, 7) is 4.97. The quantitative estimate of drug-likeness (QED) is 0.821. The molecule has 0 aliphatic carbocycles. The van der Waals surface area contributed by atoms with Crippen molar-refractivity contribution in [3.63, 3.8) is 0 Å². The molecule has 0 aliphatic rings. The molecule has 0 spiro atoms. The first-order valence-electron chi connectivity index (χ1n) is 5.26. The molecule has 1 atom stereocenters. The van der Waals surface area contributed by atoms with Gasteiger partial charge in [-0.2, -0.15) is 0 Å². The molecule has 0 saturated heterocycles. The molecule has 0 bridgehead atoms. The van der Waals surface area contributed by atoms with E-state index < -0.39 is 0 Å². The van der Waals surface area contributed by atoms with E-state index >= 15 is 0 Å². The molecule has 0 heterocycles. The molecular formula is C12H19FN2. The van der Waals surface area contributed by atoms with Gasteiger partial charge in [0, 0.05) is 25.8 Å². The molecule has 1 aromatic carbocycles. The Hall–Kier alpha value is -1.09. The number of hydrogen-bond acceptors (Lipinski definition) is 2.